The molecule has 0 bridgehead atoms. The molecule has 7 nitrogen and oxygen atoms in total. The smallest absolute Gasteiger partial charge is 0.256 e. The third-order valence-corrected chi connectivity index (χ3v) is 5.84. The van der Waals surface area contributed by atoms with Crippen LogP contribution in [0.1, 0.15) is 42.4 Å². The summed E-state index contributed by atoms with van der Waals surface area (Å²) in [4.78, 5) is 33.4. The van der Waals surface area contributed by atoms with E-state index in [1.165, 1.54) is 6.42 Å². The number of pyridine rings is 1. The van der Waals surface area contributed by atoms with Crippen molar-refractivity contribution in [2.45, 2.75) is 26.4 Å². The highest BCUT2D eigenvalue weighted by Crippen LogP contribution is 2.30. The minimum Gasteiger partial charge on any atom is -0.335 e. The summed E-state index contributed by atoms with van der Waals surface area (Å²) in [6.07, 6.45) is 2.61. The topological polar surface area (TPSA) is 77.6 Å². The minimum atomic E-state index is -0.305. The van der Waals surface area contributed by atoms with Crippen molar-refractivity contribution in [3.63, 3.8) is 0 Å². The number of fused-ring (bicyclic) bond motifs is 1. The summed E-state index contributed by atoms with van der Waals surface area (Å²) in [5.74, 6) is 1.79. The van der Waals surface area contributed by atoms with Crippen LogP contribution in [0.5, 0.6) is 0 Å². The SMILES string of the molecule is C[C@@H]1C[C@H](C)CN(CC(=O)Nc2ccc([C@H]3NC(=O)c4cccnc4N3C)cc2)C1. The standard InChI is InChI=1S/C23H29N5O2/c1-15-11-16(2)13-28(12-15)14-20(29)25-18-8-6-17(7-9-18)21-26-23(30)19-5-4-10-24-22(19)27(21)3/h4-10,15-16,21H,11-14H2,1-3H3,(H,25,29)(H,26,30)/t15-,16+,21-/m0/s1. The Morgan fingerprint density at radius 1 is 1.17 bits per heavy atom. The third kappa shape index (κ3) is 4.31. The average Bonchev–Trinajstić information content (AvgIpc) is 2.70. The van der Waals surface area contributed by atoms with Crippen molar-refractivity contribution in [3.8, 4) is 0 Å². The normalized spacial score (nSPS) is 24.2. The Balaban J connectivity index is 1.40. The van der Waals surface area contributed by atoms with E-state index < -0.39 is 0 Å². The molecule has 0 spiro atoms. The number of aromatic nitrogens is 1. The molecule has 158 valence electrons. The number of carbonyl (C=O) groups is 2. The van der Waals surface area contributed by atoms with Crippen LogP contribution in [0.25, 0.3) is 0 Å². The summed E-state index contributed by atoms with van der Waals surface area (Å²) in [5, 5.41) is 6.00. The second kappa shape index (κ2) is 8.44. The number of rotatable bonds is 4. The van der Waals surface area contributed by atoms with Gasteiger partial charge in [0, 0.05) is 32.0 Å². The Labute approximate surface area is 177 Å². The van der Waals surface area contributed by atoms with E-state index in [4.69, 9.17) is 0 Å². The molecule has 2 amide bonds. The molecular formula is C23H29N5O2. The molecule has 3 heterocycles. The molecule has 1 fully saturated rings. The minimum absolute atomic E-state index is 0.00487. The fraction of sp³-hybridized carbons (Fsp3) is 0.435. The first kappa shape index (κ1) is 20.3. The van der Waals surface area contributed by atoms with Gasteiger partial charge >= 0.3 is 0 Å². The maximum atomic E-state index is 12.5. The first-order chi connectivity index (χ1) is 14.4. The Hall–Kier alpha value is -2.93. The lowest BCUT2D eigenvalue weighted by Crippen LogP contribution is -2.45. The molecule has 0 saturated carbocycles. The van der Waals surface area contributed by atoms with Crippen molar-refractivity contribution in [1.29, 1.82) is 0 Å². The van der Waals surface area contributed by atoms with Crippen molar-refractivity contribution in [1.82, 2.24) is 15.2 Å². The van der Waals surface area contributed by atoms with Crippen LogP contribution in [-0.4, -0.2) is 48.4 Å². The van der Waals surface area contributed by atoms with Gasteiger partial charge in [0.2, 0.25) is 5.91 Å². The zero-order chi connectivity index (χ0) is 21.3. The van der Waals surface area contributed by atoms with E-state index in [1.807, 2.05) is 36.2 Å². The van der Waals surface area contributed by atoms with Crippen LogP contribution in [0.4, 0.5) is 11.5 Å². The number of hydrogen-bond donors (Lipinski definition) is 2. The van der Waals surface area contributed by atoms with Gasteiger partial charge in [0.1, 0.15) is 12.0 Å². The van der Waals surface area contributed by atoms with Crippen LogP contribution in [0.2, 0.25) is 0 Å². The van der Waals surface area contributed by atoms with Gasteiger partial charge in [-0.3, -0.25) is 14.5 Å². The van der Waals surface area contributed by atoms with Crippen molar-refractivity contribution >= 4 is 23.3 Å². The van der Waals surface area contributed by atoms with Crippen LogP contribution in [0.15, 0.2) is 42.6 Å². The quantitative estimate of drug-likeness (QED) is 0.815. The van der Waals surface area contributed by atoms with Gasteiger partial charge in [-0.2, -0.15) is 0 Å². The van der Waals surface area contributed by atoms with E-state index in [-0.39, 0.29) is 18.0 Å². The lowest BCUT2D eigenvalue weighted by Gasteiger charge is -2.35. The molecule has 7 heteroatoms. The van der Waals surface area contributed by atoms with Gasteiger partial charge in [-0.25, -0.2) is 4.98 Å². The largest absolute Gasteiger partial charge is 0.335 e. The molecular weight excluding hydrogens is 378 g/mol. The van der Waals surface area contributed by atoms with E-state index in [1.54, 1.807) is 18.3 Å². The highest BCUT2D eigenvalue weighted by molar-refractivity contribution is 6.01. The molecule has 1 saturated heterocycles. The number of carbonyl (C=O) groups excluding carboxylic acids is 2. The predicted octanol–water partition coefficient (Wildman–Crippen LogP) is 2.88. The number of likely N-dealkylation sites (tertiary alicyclic amines) is 1. The fourth-order valence-corrected chi connectivity index (χ4v) is 4.66. The summed E-state index contributed by atoms with van der Waals surface area (Å²) in [6.45, 7) is 6.85. The number of benzene rings is 1. The first-order valence-corrected chi connectivity index (χ1v) is 10.5. The molecule has 3 atom stereocenters. The molecule has 0 unspecified atom stereocenters. The van der Waals surface area contributed by atoms with Crippen molar-refractivity contribution < 1.29 is 9.59 Å². The fourth-order valence-electron chi connectivity index (χ4n) is 4.66. The number of hydrogen-bond acceptors (Lipinski definition) is 5. The summed E-state index contributed by atoms with van der Waals surface area (Å²) in [5.41, 5.74) is 2.26. The first-order valence-electron chi connectivity index (χ1n) is 10.5. The van der Waals surface area contributed by atoms with E-state index in [2.05, 4.69) is 34.4 Å². The number of anilines is 2. The summed E-state index contributed by atoms with van der Waals surface area (Å²) < 4.78 is 0. The Morgan fingerprint density at radius 3 is 2.57 bits per heavy atom. The number of nitrogens with one attached hydrogen (secondary N) is 2. The average molecular weight is 408 g/mol. The number of amides is 2. The van der Waals surface area contributed by atoms with Crippen molar-refractivity contribution in [2.75, 3.05) is 36.9 Å². The van der Waals surface area contributed by atoms with Crippen molar-refractivity contribution in [2.24, 2.45) is 11.8 Å². The van der Waals surface area contributed by atoms with Gasteiger partial charge in [0.25, 0.3) is 5.91 Å². The lowest BCUT2D eigenvalue weighted by molar-refractivity contribution is -0.117. The summed E-state index contributed by atoms with van der Waals surface area (Å²) >= 11 is 0. The summed E-state index contributed by atoms with van der Waals surface area (Å²) in [7, 11) is 1.91. The van der Waals surface area contributed by atoms with Gasteiger partial charge in [0.05, 0.1) is 12.1 Å². The Bertz CT molecular complexity index is 919. The van der Waals surface area contributed by atoms with E-state index in [9.17, 15) is 9.59 Å². The number of piperidine rings is 1. The molecule has 2 N–H and O–H groups in total. The predicted molar refractivity (Wildman–Crippen MR) is 117 cm³/mol. The van der Waals surface area contributed by atoms with Crippen LogP contribution in [-0.2, 0) is 4.79 Å². The Kier molecular flexibility index (Phi) is 5.72. The molecule has 2 aliphatic rings. The van der Waals surface area contributed by atoms with Crippen LogP contribution < -0.4 is 15.5 Å². The third-order valence-electron chi connectivity index (χ3n) is 5.84. The van der Waals surface area contributed by atoms with Gasteiger partial charge in [-0.05, 0) is 48.1 Å². The van der Waals surface area contributed by atoms with Gasteiger partial charge in [-0.1, -0.05) is 26.0 Å². The van der Waals surface area contributed by atoms with Crippen LogP contribution in [0, 0.1) is 11.8 Å². The van der Waals surface area contributed by atoms with Crippen LogP contribution in [0.3, 0.4) is 0 Å². The molecule has 0 radical (unpaired) electrons. The second-order valence-corrected chi connectivity index (χ2v) is 8.67. The van der Waals surface area contributed by atoms with E-state index in [0.717, 1.165) is 24.3 Å². The Morgan fingerprint density at radius 2 is 1.87 bits per heavy atom. The molecule has 2 aromatic rings. The van der Waals surface area contributed by atoms with Crippen LogP contribution >= 0.6 is 0 Å². The van der Waals surface area contributed by atoms with Gasteiger partial charge in [-0.15, -0.1) is 0 Å². The molecule has 2 aliphatic heterocycles. The summed E-state index contributed by atoms with van der Waals surface area (Å²) in [6, 6.07) is 11.1. The maximum absolute atomic E-state index is 12.5. The van der Waals surface area contributed by atoms with E-state index in [0.29, 0.717) is 29.8 Å². The molecule has 1 aromatic carbocycles. The molecule has 1 aromatic heterocycles. The second-order valence-electron chi connectivity index (χ2n) is 8.67. The van der Waals surface area contributed by atoms with E-state index >= 15 is 0 Å². The van der Waals surface area contributed by atoms with Gasteiger partial charge in [0.15, 0.2) is 0 Å². The van der Waals surface area contributed by atoms with Crippen molar-refractivity contribution in [3.05, 3.63) is 53.7 Å². The molecule has 4 rings (SSSR count). The maximum Gasteiger partial charge on any atom is 0.256 e. The molecule has 30 heavy (non-hydrogen) atoms. The lowest BCUT2D eigenvalue weighted by atomic mass is 9.92. The zero-order valence-corrected chi connectivity index (χ0v) is 17.8. The number of nitrogens with zero attached hydrogens (tertiary/aromatic N) is 3. The monoisotopic (exact) mass is 407 g/mol. The highest BCUT2D eigenvalue weighted by Gasteiger charge is 2.30. The highest BCUT2D eigenvalue weighted by atomic mass is 16.2. The zero-order valence-electron chi connectivity index (χ0n) is 17.8. The molecule has 0 aliphatic carbocycles. The van der Waals surface area contributed by atoms with Gasteiger partial charge < -0.3 is 15.5 Å².